The number of hydrogen-bond donors (Lipinski definition) is 1. The van der Waals surface area contributed by atoms with E-state index in [2.05, 4.69) is 6.07 Å². The predicted octanol–water partition coefficient (Wildman–Crippen LogP) is 5.43. The van der Waals surface area contributed by atoms with Crippen LogP contribution in [0.4, 0.5) is 4.39 Å². The van der Waals surface area contributed by atoms with Gasteiger partial charge in [-0.15, -0.1) is 11.3 Å². The molecule has 9 heteroatoms. The van der Waals surface area contributed by atoms with Crippen molar-refractivity contribution in [2.75, 3.05) is 0 Å². The second kappa shape index (κ2) is 9.22. The van der Waals surface area contributed by atoms with E-state index >= 15 is 0 Å². The minimum Gasteiger partial charge on any atom is -0.239 e. The molecule has 0 aliphatic carbocycles. The first kappa shape index (κ1) is 22.2. The third kappa shape index (κ3) is 4.89. The number of thiophene rings is 1. The standard InChI is InChI=1S/C23H16FN3O2S3/c24-18-7-3-16(4-8-18)22-21(15-5-9-20(10-6-15)32(26,28)29)12-17(13-25)23(27-22)31-14-19-2-1-11-30-19/h1-12H,14H2,(H2,26,28,29). The first-order valence-corrected chi connectivity index (χ1v) is 12.8. The molecule has 0 aliphatic heterocycles. The lowest BCUT2D eigenvalue weighted by molar-refractivity contribution is 0.598. The van der Waals surface area contributed by atoms with E-state index in [1.54, 1.807) is 41.7 Å². The number of benzene rings is 2. The van der Waals surface area contributed by atoms with E-state index in [0.29, 0.717) is 38.7 Å². The summed E-state index contributed by atoms with van der Waals surface area (Å²) in [6, 6.07) is 19.9. The minimum absolute atomic E-state index is 0.0128. The molecule has 0 fully saturated rings. The Labute approximate surface area is 193 Å². The molecular formula is C23H16FN3O2S3. The van der Waals surface area contributed by atoms with Crippen LogP contribution in [0.25, 0.3) is 22.4 Å². The lowest BCUT2D eigenvalue weighted by atomic mass is 9.98. The van der Waals surface area contributed by atoms with Gasteiger partial charge in [0.1, 0.15) is 16.9 Å². The second-order valence-electron chi connectivity index (χ2n) is 6.79. The van der Waals surface area contributed by atoms with Crippen molar-refractivity contribution in [2.24, 2.45) is 5.14 Å². The maximum Gasteiger partial charge on any atom is 0.238 e. The highest BCUT2D eigenvalue weighted by Gasteiger charge is 2.17. The van der Waals surface area contributed by atoms with E-state index in [9.17, 15) is 18.1 Å². The fraction of sp³-hybridized carbons (Fsp3) is 0.0435. The molecule has 160 valence electrons. The largest absolute Gasteiger partial charge is 0.239 e. The SMILES string of the molecule is N#Cc1cc(-c2ccc(S(N)(=O)=O)cc2)c(-c2ccc(F)cc2)nc1SCc1cccs1. The van der Waals surface area contributed by atoms with Gasteiger partial charge < -0.3 is 0 Å². The third-order valence-corrected chi connectivity index (χ3v) is 7.68. The van der Waals surface area contributed by atoms with Crippen molar-refractivity contribution in [3.63, 3.8) is 0 Å². The molecule has 4 aromatic rings. The predicted molar refractivity (Wildman–Crippen MR) is 125 cm³/mol. The summed E-state index contributed by atoms with van der Waals surface area (Å²) in [6.07, 6.45) is 0. The zero-order valence-electron chi connectivity index (χ0n) is 16.5. The summed E-state index contributed by atoms with van der Waals surface area (Å²) in [4.78, 5) is 5.92. The number of pyridine rings is 1. The van der Waals surface area contributed by atoms with E-state index in [-0.39, 0.29) is 10.7 Å². The maximum atomic E-state index is 13.5. The number of thioether (sulfide) groups is 1. The second-order valence-corrected chi connectivity index (χ2v) is 10.4. The quantitative estimate of drug-likeness (QED) is 0.371. The number of sulfonamides is 1. The van der Waals surface area contributed by atoms with Crippen LogP contribution >= 0.6 is 23.1 Å². The Morgan fingerprint density at radius 1 is 1.06 bits per heavy atom. The van der Waals surface area contributed by atoms with Crippen molar-refractivity contribution in [1.82, 2.24) is 4.98 Å². The van der Waals surface area contributed by atoms with Crippen molar-refractivity contribution >= 4 is 33.1 Å². The van der Waals surface area contributed by atoms with Crippen molar-refractivity contribution in [3.8, 4) is 28.5 Å². The number of nitriles is 1. The van der Waals surface area contributed by atoms with Gasteiger partial charge in [-0.2, -0.15) is 5.26 Å². The molecule has 0 aliphatic rings. The number of hydrogen-bond acceptors (Lipinski definition) is 6. The summed E-state index contributed by atoms with van der Waals surface area (Å²) in [6.45, 7) is 0. The fourth-order valence-electron chi connectivity index (χ4n) is 3.09. The highest BCUT2D eigenvalue weighted by atomic mass is 32.2. The summed E-state index contributed by atoms with van der Waals surface area (Å²) in [7, 11) is -3.83. The molecule has 2 N–H and O–H groups in total. The topological polar surface area (TPSA) is 96.8 Å². The molecule has 2 aromatic carbocycles. The van der Waals surface area contributed by atoms with Gasteiger partial charge in [0.25, 0.3) is 0 Å². The molecule has 0 saturated heterocycles. The smallest absolute Gasteiger partial charge is 0.238 e. The maximum absolute atomic E-state index is 13.5. The van der Waals surface area contributed by atoms with E-state index in [1.807, 2.05) is 17.5 Å². The van der Waals surface area contributed by atoms with Gasteiger partial charge in [0.05, 0.1) is 16.2 Å². The number of primary sulfonamides is 1. The monoisotopic (exact) mass is 481 g/mol. The molecule has 2 heterocycles. The van der Waals surface area contributed by atoms with E-state index in [1.165, 1.54) is 36.0 Å². The summed E-state index contributed by atoms with van der Waals surface area (Å²) in [5.74, 6) is 0.304. The van der Waals surface area contributed by atoms with Crippen LogP contribution in [-0.4, -0.2) is 13.4 Å². The van der Waals surface area contributed by atoms with E-state index in [4.69, 9.17) is 10.1 Å². The zero-order chi connectivity index (χ0) is 22.7. The Morgan fingerprint density at radius 2 is 1.75 bits per heavy atom. The van der Waals surface area contributed by atoms with Gasteiger partial charge in [-0.05, 0) is 59.5 Å². The molecule has 0 unspecified atom stereocenters. The molecule has 0 bridgehead atoms. The molecule has 32 heavy (non-hydrogen) atoms. The number of nitrogens with zero attached hydrogens (tertiary/aromatic N) is 2. The van der Waals surface area contributed by atoms with Crippen LogP contribution in [0.2, 0.25) is 0 Å². The van der Waals surface area contributed by atoms with Gasteiger partial charge >= 0.3 is 0 Å². The Bertz CT molecular complexity index is 1390. The van der Waals surface area contributed by atoms with Gasteiger partial charge in [0.2, 0.25) is 10.0 Å². The van der Waals surface area contributed by atoms with Gasteiger partial charge in [0, 0.05) is 21.8 Å². The number of nitrogens with two attached hydrogens (primary N) is 1. The van der Waals surface area contributed by atoms with Crippen LogP contribution < -0.4 is 5.14 Å². The summed E-state index contributed by atoms with van der Waals surface area (Å²) in [5, 5.41) is 17.5. The van der Waals surface area contributed by atoms with Gasteiger partial charge in [-0.25, -0.2) is 22.9 Å². The molecule has 0 atom stereocenters. The number of rotatable bonds is 6. The first-order chi connectivity index (χ1) is 15.3. The van der Waals surface area contributed by atoms with Crippen LogP contribution in [-0.2, 0) is 15.8 Å². The number of aromatic nitrogens is 1. The number of halogens is 1. The Morgan fingerprint density at radius 3 is 2.34 bits per heavy atom. The summed E-state index contributed by atoms with van der Waals surface area (Å²) in [5.41, 5.74) is 2.95. The van der Waals surface area contributed by atoms with Gasteiger partial charge in [-0.3, -0.25) is 0 Å². The normalized spacial score (nSPS) is 11.3. The molecule has 4 rings (SSSR count). The molecular weight excluding hydrogens is 465 g/mol. The average Bonchev–Trinajstić information content (AvgIpc) is 3.31. The highest BCUT2D eigenvalue weighted by molar-refractivity contribution is 7.98. The fourth-order valence-corrected chi connectivity index (χ4v) is 5.34. The van der Waals surface area contributed by atoms with Crippen LogP contribution in [0.5, 0.6) is 0 Å². The van der Waals surface area contributed by atoms with Crippen LogP contribution in [0.3, 0.4) is 0 Å². The molecule has 0 amide bonds. The van der Waals surface area contributed by atoms with Crippen LogP contribution in [0, 0.1) is 17.1 Å². The van der Waals surface area contributed by atoms with Crippen molar-refractivity contribution in [1.29, 1.82) is 5.26 Å². The highest BCUT2D eigenvalue weighted by Crippen LogP contribution is 2.36. The van der Waals surface area contributed by atoms with Crippen LogP contribution in [0.15, 0.2) is 82.0 Å². The van der Waals surface area contributed by atoms with Gasteiger partial charge in [0.15, 0.2) is 0 Å². The van der Waals surface area contributed by atoms with Crippen LogP contribution in [0.1, 0.15) is 10.4 Å². The summed E-state index contributed by atoms with van der Waals surface area (Å²) < 4.78 is 36.7. The lowest BCUT2D eigenvalue weighted by Crippen LogP contribution is -2.11. The van der Waals surface area contributed by atoms with Gasteiger partial charge in [-0.1, -0.05) is 30.0 Å². The molecule has 0 radical (unpaired) electrons. The lowest BCUT2D eigenvalue weighted by Gasteiger charge is -2.13. The Balaban J connectivity index is 1.84. The van der Waals surface area contributed by atoms with E-state index < -0.39 is 10.0 Å². The minimum atomic E-state index is -3.83. The first-order valence-electron chi connectivity index (χ1n) is 9.34. The van der Waals surface area contributed by atoms with E-state index in [0.717, 1.165) is 4.88 Å². The molecule has 2 aromatic heterocycles. The van der Waals surface area contributed by atoms with Crippen molar-refractivity contribution in [3.05, 3.63) is 88.4 Å². The average molecular weight is 482 g/mol. The van der Waals surface area contributed by atoms with Crippen molar-refractivity contribution in [2.45, 2.75) is 15.7 Å². The molecule has 0 saturated carbocycles. The molecule has 5 nitrogen and oxygen atoms in total. The molecule has 0 spiro atoms. The Hall–Kier alpha value is -3.03. The van der Waals surface area contributed by atoms with Crippen molar-refractivity contribution < 1.29 is 12.8 Å². The third-order valence-electron chi connectivity index (χ3n) is 4.65. The Kier molecular flexibility index (Phi) is 6.39. The summed E-state index contributed by atoms with van der Waals surface area (Å²) >= 11 is 3.09. The zero-order valence-corrected chi connectivity index (χ0v) is 19.0.